The van der Waals surface area contributed by atoms with Gasteiger partial charge in [-0.2, -0.15) is 0 Å². The van der Waals surface area contributed by atoms with Crippen molar-refractivity contribution in [2.45, 2.75) is 0 Å². The molecule has 6 heteroatoms. The molecule has 0 spiro atoms. The van der Waals surface area contributed by atoms with Gasteiger partial charge in [0.15, 0.2) is 3.77 Å². The average molecular weight is 442 g/mol. The molecule has 0 aliphatic carbocycles. The van der Waals surface area contributed by atoms with E-state index in [2.05, 4.69) is 5.32 Å². The minimum Gasteiger partial charge on any atom is -0.458 e. The van der Waals surface area contributed by atoms with Gasteiger partial charge in [0.25, 0.3) is 5.91 Å². The number of hydrogen-bond acceptors (Lipinski definition) is 2. The van der Waals surface area contributed by atoms with E-state index in [1.165, 1.54) is 18.4 Å². The lowest BCUT2D eigenvalue weighted by Crippen LogP contribution is -2.12. The third-order valence-corrected chi connectivity index (χ3v) is 4.41. The first-order valence-electron chi connectivity index (χ1n) is 6.65. The molecule has 0 radical (unpaired) electrons. The van der Waals surface area contributed by atoms with E-state index in [0.29, 0.717) is 26.1 Å². The quantitative estimate of drug-likeness (QED) is 0.538. The molecule has 0 aliphatic heterocycles. The molecule has 116 valence electrons. The second-order valence-corrected chi connectivity index (χ2v) is 6.12. The van der Waals surface area contributed by atoms with Crippen LogP contribution >= 0.6 is 34.2 Å². The van der Waals surface area contributed by atoms with E-state index in [4.69, 9.17) is 16.0 Å². The number of carbonyl (C=O) groups excluding carboxylic acids is 1. The van der Waals surface area contributed by atoms with E-state index in [1.807, 2.05) is 28.7 Å². The van der Waals surface area contributed by atoms with Gasteiger partial charge in [0.1, 0.15) is 5.82 Å². The third-order valence-electron chi connectivity index (χ3n) is 3.27. The zero-order valence-corrected chi connectivity index (χ0v) is 14.6. The van der Waals surface area contributed by atoms with Gasteiger partial charge in [0.05, 0.1) is 16.8 Å². The smallest absolute Gasteiger partial charge is 0.260 e. The zero-order valence-electron chi connectivity index (χ0n) is 11.6. The molecule has 3 aromatic rings. The molecule has 3 nitrogen and oxygen atoms in total. The van der Waals surface area contributed by atoms with E-state index in [0.717, 1.165) is 0 Å². The lowest BCUT2D eigenvalue weighted by molar-refractivity contribution is 0.102. The number of halogens is 3. The molecule has 23 heavy (non-hydrogen) atoms. The van der Waals surface area contributed by atoms with Gasteiger partial charge < -0.3 is 9.73 Å². The minimum atomic E-state index is -0.505. The second-order valence-electron chi connectivity index (χ2n) is 4.74. The molecule has 1 aromatic heterocycles. The first-order valence-corrected chi connectivity index (χ1v) is 8.11. The first kappa shape index (κ1) is 16.0. The number of hydrogen-bond donors (Lipinski definition) is 1. The zero-order chi connectivity index (χ0) is 16.4. The van der Waals surface area contributed by atoms with Gasteiger partial charge in [-0.25, -0.2) is 4.39 Å². The van der Waals surface area contributed by atoms with Gasteiger partial charge in [-0.05, 0) is 29.8 Å². The molecule has 0 atom stereocenters. The molecule has 0 unspecified atom stereocenters. The van der Waals surface area contributed by atoms with Gasteiger partial charge >= 0.3 is 0 Å². The standard InChI is InChI=1S/C17H10ClFINO2/c18-13-6-5-10(9-14(13)19)11-3-1-2-4-15(11)21-17(22)12-7-8-23-16(12)20/h1-9H,(H,21,22). The lowest BCUT2D eigenvalue weighted by Gasteiger charge is -2.11. The molecule has 1 amide bonds. The predicted octanol–water partition coefficient (Wildman–Crippen LogP) is 5.60. The largest absolute Gasteiger partial charge is 0.458 e. The Labute approximate surface area is 150 Å². The van der Waals surface area contributed by atoms with Crippen LogP contribution in [0.2, 0.25) is 5.02 Å². The van der Waals surface area contributed by atoms with Crippen molar-refractivity contribution in [3.8, 4) is 11.1 Å². The van der Waals surface area contributed by atoms with Crippen LogP contribution in [0.3, 0.4) is 0 Å². The Kier molecular flexibility index (Phi) is 4.68. The van der Waals surface area contributed by atoms with Crippen LogP contribution in [0, 0.1) is 9.58 Å². The summed E-state index contributed by atoms with van der Waals surface area (Å²) in [5.41, 5.74) is 2.36. The Bertz CT molecular complexity index is 879. The van der Waals surface area contributed by atoms with Gasteiger partial charge in [-0.15, -0.1) is 0 Å². The number of benzene rings is 2. The Morgan fingerprint density at radius 1 is 1.17 bits per heavy atom. The molecular weight excluding hydrogens is 432 g/mol. The van der Waals surface area contributed by atoms with Crippen LogP contribution in [0.25, 0.3) is 11.1 Å². The highest BCUT2D eigenvalue weighted by atomic mass is 127. The van der Waals surface area contributed by atoms with Crippen LogP contribution < -0.4 is 5.32 Å². The average Bonchev–Trinajstić information content (AvgIpc) is 2.97. The van der Waals surface area contributed by atoms with Crippen LogP contribution in [0.15, 0.2) is 59.2 Å². The molecular formula is C17H10ClFINO2. The summed E-state index contributed by atoms with van der Waals surface area (Å²) in [6.07, 6.45) is 1.46. The molecule has 0 saturated heterocycles. The summed E-state index contributed by atoms with van der Waals surface area (Å²) in [7, 11) is 0. The summed E-state index contributed by atoms with van der Waals surface area (Å²) in [5.74, 6) is -0.792. The van der Waals surface area contributed by atoms with Crippen molar-refractivity contribution in [1.82, 2.24) is 0 Å². The Hall–Kier alpha value is -1.86. The molecule has 2 aromatic carbocycles. The van der Waals surface area contributed by atoms with Crippen molar-refractivity contribution in [1.29, 1.82) is 0 Å². The van der Waals surface area contributed by atoms with E-state index < -0.39 is 5.82 Å². The summed E-state index contributed by atoms with van der Waals surface area (Å²) in [6, 6.07) is 13.3. The summed E-state index contributed by atoms with van der Waals surface area (Å²) in [5, 5.41) is 2.89. The van der Waals surface area contributed by atoms with Crippen LogP contribution in [0.4, 0.5) is 10.1 Å². The van der Waals surface area contributed by atoms with Gasteiger partial charge in [-0.1, -0.05) is 35.9 Å². The number of furan rings is 1. The number of carbonyl (C=O) groups is 1. The second kappa shape index (κ2) is 6.72. The normalized spacial score (nSPS) is 10.6. The monoisotopic (exact) mass is 441 g/mol. The first-order chi connectivity index (χ1) is 11.1. The van der Waals surface area contributed by atoms with Gasteiger partial charge in [0, 0.05) is 33.8 Å². The number of amides is 1. The SMILES string of the molecule is O=C(Nc1ccccc1-c1ccc(Cl)c(F)c1)c1ccoc1I. The van der Waals surface area contributed by atoms with E-state index in [1.54, 1.807) is 30.3 Å². The van der Waals surface area contributed by atoms with Crippen molar-refractivity contribution in [3.05, 3.63) is 75.0 Å². The number of nitrogens with one attached hydrogen (secondary N) is 1. The summed E-state index contributed by atoms with van der Waals surface area (Å²) < 4.78 is 19.3. The third kappa shape index (κ3) is 3.40. The highest BCUT2D eigenvalue weighted by molar-refractivity contribution is 14.1. The van der Waals surface area contributed by atoms with E-state index in [-0.39, 0.29) is 10.9 Å². The molecule has 0 aliphatic rings. The highest BCUT2D eigenvalue weighted by Crippen LogP contribution is 2.30. The predicted molar refractivity (Wildman–Crippen MR) is 96.2 cm³/mol. The van der Waals surface area contributed by atoms with Crippen molar-refractivity contribution >= 4 is 45.8 Å². The van der Waals surface area contributed by atoms with Crippen molar-refractivity contribution in [2.24, 2.45) is 0 Å². The lowest BCUT2D eigenvalue weighted by atomic mass is 10.0. The molecule has 0 fully saturated rings. The topological polar surface area (TPSA) is 42.2 Å². The van der Waals surface area contributed by atoms with Crippen LogP contribution in [0.5, 0.6) is 0 Å². The van der Waals surface area contributed by atoms with Crippen LogP contribution in [-0.4, -0.2) is 5.91 Å². The Morgan fingerprint density at radius 3 is 2.65 bits per heavy atom. The molecule has 0 bridgehead atoms. The fraction of sp³-hybridized carbons (Fsp3) is 0. The Morgan fingerprint density at radius 2 is 1.96 bits per heavy atom. The number of anilines is 1. The summed E-state index contributed by atoms with van der Waals surface area (Å²) in [6.45, 7) is 0. The maximum absolute atomic E-state index is 13.7. The Balaban J connectivity index is 1.96. The maximum Gasteiger partial charge on any atom is 0.260 e. The number of rotatable bonds is 3. The van der Waals surface area contributed by atoms with E-state index >= 15 is 0 Å². The van der Waals surface area contributed by atoms with Crippen molar-refractivity contribution in [2.75, 3.05) is 5.32 Å². The van der Waals surface area contributed by atoms with Crippen molar-refractivity contribution < 1.29 is 13.6 Å². The molecule has 0 saturated carbocycles. The van der Waals surface area contributed by atoms with Gasteiger partial charge in [0.2, 0.25) is 0 Å². The molecule has 1 heterocycles. The van der Waals surface area contributed by atoms with Crippen molar-refractivity contribution in [3.63, 3.8) is 0 Å². The summed E-state index contributed by atoms with van der Waals surface area (Å²) >= 11 is 7.67. The number of para-hydroxylation sites is 1. The minimum absolute atomic E-state index is 0.0585. The summed E-state index contributed by atoms with van der Waals surface area (Å²) in [4.78, 5) is 12.3. The van der Waals surface area contributed by atoms with Gasteiger partial charge in [-0.3, -0.25) is 4.79 Å². The fourth-order valence-electron chi connectivity index (χ4n) is 2.15. The highest BCUT2D eigenvalue weighted by Gasteiger charge is 2.15. The van der Waals surface area contributed by atoms with Crippen LogP contribution in [0.1, 0.15) is 10.4 Å². The molecule has 1 N–H and O–H groups in total. The molecule has 3 rings (SSSR count). The fourth-order valence-corrected chi connectivity index (χ4v) is 2.84. The van der Waals surface area contributed by atoms with Crippen LogP contribution in [-0.2, 0) is 0 Å². The maximum atomic E-state index is 13.7. The van der Waals surface area contributed by atoms with E-state index in [9.17, 15) is 9.18 Å².